The molecule has 7 heteroatoms. The molecule has 3 aromatic rings. The standard InChI is InChI=1S/C22H24FN3O3/c1-4-28-20-10-9-16(13-21(20)29-5-2)15(3)24-22(27)19-11-12-26(25-19)18-8-6-7-17(23)14-18/h6-15H,4-5H2,1-3H3,(H,24,27). The van der Waals surface area contributed by atoms with Crippen LogP contribution in [0, 0.1) is 5.82 Å². The molecule has 6 nitrogen and oxygen atoms in total. The lowest BCUT2D eigenvalue weighted by Gasteiger charge is -2.17. The predicted molar refractivity (Wildman–Crippen MR) is 108 cm³/mol. The van der Waals surface area contributed by atoms with E-state index in [0.717, 1.165) is 5.56 Å². The van der Waals surface area contributed by atoms with Crippen LogP contribution in [0.15, 0.2) is 54.7 Å². The van der Waals surface area contributed by atoms with Crippen molar-refractivity contribution in [3.63, 3.8) is 0 Å². The summed E-state index contributed by atoms with van der Waals surface area (Å²) in [4.78, 5) is 12.6. The Hall–Kier alpha value is -3.35. The number of amides is 1. The molecule has 0 aliphatic carbocycles. The quantitative estimate of drug-likeness (QED) is 0.616. The Morgan fingerprint density at radius 1 is 1.10 bits per heavy atom. The van der Waals surface area contributed by atoms with E-state index in [1.54, 1.807) is 24.4 Å². The lowest BCUT2D eigenvalue weighted by molar-refractivity contribution is 0.0934. The van der Waals surface area contributed by atoms with Crippen LogP contribution in [0.4, 0.5) is 4.39 Å². The fourth-order valence-corrected chi connectivity index (χ4v) is 2.90. The summed E-state index contributed by atoms with van der Waals surface area (Å²) in [5.74, 6) is 0.631. The van der Waals surface area contributed by atoms with Crippen molar-refractivity contribution >= 4 is 5.91 Å². The Labute approximate surface area is 169 Å². The molecule has 152 valence electrons. The van der Waals surface area contributed by atoms with Gasteiger partial charge in [-0.05, 0) is 62.7 Å². The van der Waals surface area contributed by atoms with Gasteiger partial charge in [0.15, 0.2) is 17.2 Å². The maximum atomic E-state index is 13.4. The summed E-state index contributed by atoms with van der Waals surface area (Å²) in [6, 6.07) is 12.9. The minimum Gasteiger partial charge on any atom is -0.490 e. The molecular weight excluding hydrogens is 373 g/mol. The smallest absolute Gasteiger partial charge is 0.272 e. The summed E-state index contributed by atoms with van der Waals surface area (Å²) in [6.07, 6.45) is 1.62. The molecule has 1 unspecified atom stereocenters. The molecule has 0 saturated heterocycles. The molecule has 1 amide bonds. The normalized spacial score (nSPS) is 11.7. The lowest BCUT2D eigenvalue weighted by atomic mass is 10.1. The van der Waals surface area contributed by atoms with E-state index in [1.807, 2.05) is 39.0 Å². The van der Waals surface area contributed by atoms with Crippen molar-refractivity contribution in [1.82, 2.24) is 15.1 Å². The van der Waals surface area contributed by atoms with Crippen LogP contribution in [0.3, 0.4) is 0 Å². The van der Waals surface area contributed by atoms with Crippen molar-refractivity contribution in [2.75, 3.05) is 13.2 Å². The van der Waals surface area contributed by atoms with Gasteiger partial charge in [-0.2, -0.15) is 5.10 Å². The van der Waals surface area contributed by atoms with Gasteiger partial charge in [0.25, 0.3) is 5.91 Å². The number of nitrogens with zero attached hydrogens (tertiary/aromatic N) is 2. The number of rotatable bonds is 8. The van der Waals surface area contributed by atoms with Crippen molar-refractivity contribution in [2.45, 2.75) is 26.8 Å². The number of benzene rings is 2. The minimum atomic E-state index is -0.363. The number of nitrogens with one attached hydrogen (secondary N) is 1. The highest BCUT2D eigenvalue weighted by molar-refractivity contribution is 5.92. The molecule has 0 spiro atoms. The molecule has 0 radical (unpaired) electrons. The molecule has 1 atom stereocenters. The molecule has 0 aliphatic rings. The van der Waals surface area contributed by atoms with Gasteiger partial charge in [0.2, 0.25) is 0 Å². The number of carbonyl (C=O) groups is 1. The highest BCUT2D eigenvalue weighted by Crippen LogP contribution is 2.30. The molecule has 2 aromatic carbocycles. The second-order valence-corrected chi connectivity index (χ2v) is 6.39. The monoisotopic (exact) mass is 397 g/mol. The molecule has 1 heterocycles. The minimum absolute atomic E-state index is 0.247. The van der Waals surface area contributed by atoms with Crippen LogP contribution >= 0.6 is 0 Å². The average molecular weight is 397 g/mol. The van der Waals surface area contributed by atoms with Crippen molar-refractivity contribution in [3.05, 3.63) is 71.8 Å². The van der Waals surface area contributed by atoms with Crippen molar-refractivity contribution in [3.8, 4) is 17.2 Å². The van der Waals surface area contributed by atoms with Crippen molar-refractivity contribution < 1.29 is 18.7 Å². The van der Waals surface area contributed by atoms with Crippen molar-refractivity contribution in [1.29, 1.82) is 0 Å². The maximum absolute atomic E-state index is 13.4. The highest BCUT2D eigenvalue weighted by Gasteiger charge is 2.16. The van der Waals surface area contributed by atoms with Gasteiger partial charge in [-0.1, -0.05) is 12.1 Å². The summed E-state index contributed by atoms with van der Waals surface area (Å²) in [7, 11) is 0. The number of aromatic nitrogens is 2. The van der Waals surface area contributed by atoms with E-state index in [-0.39, 0.29) is 23.5 Å². The van der Waals surface area contributed by atoms with Gasteiger partial charge in [0.05, 0.1) is 24.9 Å². The molecule has 29 heavy (non-hydrogen) atoms. The Morgan fingerprint density at radius 3 is 2.59 bits per heavy atom. The third-order valence-electron chi connectivity index (χ3n) is 4.31. The second-order valence-electron chi connectivity index (χ2n) is 6.39. The van der Waals surface area contributed by atoms with E-state index in [2.05, 4.69) is 10.4 Å². The van der Waals surface area contributed by atoms with E-state index < -0.39 is 0 Å². The molecule has 0 saturated carbocycles. The molecule has 3 rings (SSSR count). The topological polar surface area (TPSA) is 65.4 Å². The van der Waals surface area contributed by atoms with Gasteiger partial charge in [-0.15, -0.1) is 0 Å². The number of carbonyl (C=O) groups excluding carboxylic acids is 1. The SMILES string of the molecule is CCOc1ccc(C(C)NC(=O)c2ccn(-c3cccc(F)c3)n2)cc1OCC. The van der Waals surface area contributed by atoms with E-state index in [1.165, 1.54) is 16.8 Å². The van der Waals surface area contributed by atoms with Crippen LogP contribution in [0.2, 0.25) is 0 Å². The highest BCUT2D eigenvalue weighted by atomic mass is 19.1. The summed E-state index contributed by atoms with van der Waals surface area (Å²) < 4.78 is 26.1. The van der Waals surface area contributed by atoms with Gasteiger partial charge < -0.3 is 14.8 Å². The van der Waals surface area contributed by atoms with Crippen LogP contribution in [-0.2, 0) is 0 Å². The van der Waals surface area contributed by atoms with Crippen LogP contribution in [0.25, 0.3) is 5.69 Å². The fraction of sp³-hybridized carbons (Fsp3) is 0.273. The summed E-state index contributed by atoms with van der Waals surface area (Å²) in [6.45, 7) is 6.76. The first-order valence-corrected chi connectivity index (χ1v) is 9.53. The average Bonchev–Trinajstić information content (AvgIpc) is 3.20. The predicted octanol–water partition coefficient (Wildman–Crippen LogP) is 4.30. The van der Waals surface area contributed by atoms with Crippen LogP contribution in [0.5, 0.6) is 11.5 Å². The Bertz CT molecular complexity index is 987. The first kappa shape index (κ1) is 20.4. The summed E-state index contributed by atoms with van der Waals surface area (Å²) >= 11 is 0. The maximum Gasteiger partial charge on any atom is 0.272 e. The van der Waals surface area contributed by atoms with Gasteiger partial charge in [-0.3, -0.25) is 4.79 Å². The molecule has 1 aromatic heterocycles. The van der Waals surface area contributed by atoms with E-state index in [4.69, 9.17) is 9.47 Å². The molecule has 0 bridgehead atoms. The third kappa shape index (κ3) is 4.93. The van der Waals surface area contributed by atoms with Gasteiger partial charge in [0, 0.05) is 6.20 Å². The van der Waals surface area contributed by atoms with E-state index in [0.29, 0.717) is 30.4 Å². The zero-order valence-electron chi connectivity index (χ0n) is 16.7. The Morgan fingerprint density at radius 2 is 1.86 bits per heavy atom. The number of halogens is 1. The first-order chi connectivity index (χ1) is 14.0. The Kier molecular flexibility index (Phi) is 6.49. The third-order valence-corrected chi connectivity index (χ3v) is 4.31. The first-order valence-electron chi connectivity index (χ1n) is 9.53. The molecule has 0 fully saturated rings. The summed E-state index contributed by atoms with van der Waals surface area (Å²) in [5, 5.41) is 7.17. The Balaban J connectivity index is 1.73. The number of ether oxygens (including phenoxy) is 2. The molecule has 0 aliphatic heterocycles. The zero-order valence-corrected chi connectivity index (χ0v) is 16.7. The zero-order chi connectivity index (χ0) is 20.8. The molecular formula is C22H24FN3O3. The van der Waals surface area contributed by atoms with E-state index in [9.17, 15) is 9.18 Å². The van der Waals surface area contributed by atoms with Crippen LogP contribution < -0.4 is 14.8 Å². The van der Waals surface area contributed by atoms with Gasteiger partial charge in [0.1, 0.15) is 5.82 Å². The van der Waals surface area contributed by atoms with Crippen LogP contribution in [0.1, 0.15) is 42.9 Å². The lowest BCUT2D eigenvalue weighted by Crippen LogP contribution is -2.27. The fourth-order valence-electron chi connectivity index (χ4n) is 2.90. The van der Waals surface area contributed by atoms with Crippen LogP contribution in [-0.4, -0.2) is 28.9 Å². The molecule has 1 N–H and O–H groups in total. The largest absolute Gasteiger partial charge is 0.490 e. The van der Waals surface area contributed by atoms with Crippen molar-refractivity contribution in [2.24, 2.45) is 0 Å². The summed E-state index contributed by atoms with van der Waals surface area (Å²) in [5.41, 5.74) is 1.68. The van der Waals surface area contributed by atoms with Gasteiger partial charge >= 0.3 is 0 Å². The number of hydrogen-bond acceptors (Lipinski definition) is 4. The van der Waals surface area contributed by atoms with Gasteiger partial charge in [-0.25, -0.2) is 9.07 Å². The second kappa shape index (κ2) is 9.23. The van der Waals surface area contributed by atoms with E-state index >= 15 is 0 Å². The number of hydrogen-bond donors (Lipinski definition) is 1.